The fourth-order valence-electron chi connectivity index (χ4n) is 4.69. The summed E-state index contributed by atoms with van der Waals surface area (Å²) in [5.41, 5.74) is 1.14. The van der Waals surface area contributed by atoms with Crippen LogP contribution >= 0.6 is 24.8 Å². The third kappa shape index (κ3) is 9.69. The second-order valence-corrected chi connectivity index (χ2v) is 9.46. The predicted octanol–water partition coefficient (Wildman–Crippen LogP) is 3.21. The molecule has 2 fully saturated rings. The first-order valence-electron chi connectivity index (χ1n) is 12.2. The molecule has 1 heterocycles. The molecular formula is C25H44Cl2N2O5. The number of aliphatic hydroxyl groups excluding tert-OH is 2. The first kappa shape index (κ1) is 31.2. The average molecular weight is 524 g/mol. The van der Waals surface area contributed by atoms with E-state index in [1.807, 2.05) is 32.0 Å². The lowest BCUT2D eigenvalue weighted by Gasteiger charge is -2.37. The number of benzene rings is 1. The first-order valence-corrected chi connectivity index (χ1v) is 12.2. The van der Waals surface area contributed by atoms with E-state index in [0.29, 0.717) is 36.7 Å². The van der Waals surface area contributed by atoms with Crippen molar-refractivity contribution in [3.63, 3.8) is 0 Å². The number of hydrogen-bond donors (Lipinski definition) is 3. The van der Waals surface area contributed by atoms with Gasteiger partial charge in [-0.15, -0.1) is 24.8 Å². The number of halogens is 2. The van der Waals surface area contributed by atoms with Gasteiger partial charge in [0.25, 0.3) is 0 Å². The van der Waals surface area contributed by atoms with Crippen LogP contribution < -0.4 is 14.8 Å². The molecule has 198 valence electrons. The van der Waals surface area contributed by atoms with Gasteiger partial charge in [-0.3, -0.25) is 4.90 Å². The Morgan fingerprint density at radius 1 is 1.12 bits per heavy atom. The van der Waals surface area contributed by atoms with Gasteiger partial charge in [0.1, 0.15) is 12.7 Å². The van der Waals surface area contributed by atoms with Crippen LogP contribution in [-0.4, -0.2) is 85.5 Å². The number of ether oxygens (including phenoxy) is 3. The summed E-state index contributed by atoms with van der Waals surface area (Å²) >= 11 is 0. The summed E-state index contributed by atoms with van der Waals surface area (Å²) < 4.78 is 17.6. The maximum atomic E-state index is 10.1. The summed E-state index contributed by atoms with van der Waals surface area (Å²) in [6.07, 6.45) is 5.91. The van der Waals surface area contributed by atoms with E-state index in [1.54, 1.807) is 7.11 Å². The Bertz CT molecular complexity index is 697. The molecule has 1 aliphatic heterocycles. The number of nitrogens with one attached hydrogen (secondary N) is 1. The molecule has 0 bridgehead atoms. The van der Waals surface area contributed by atoms with Gasteiger partial charge in [-0.2, -0.15) is 0 Å². The second-order valence-electron chi connectivity index (χ2n) is 9.46. The van der Waals surface area contributed by atoms with Gasteiger partial charge in [-0.25, -0.2) is 0 Å². The van der Waals surface area contributed by atoms with Crippen molar-refractivity contribution in [3.05, 3.63) is 23.8 Å². The zero-order valence-electron chi connectivity index (χ0n) is 20.8. The number of methoxy groups -OCH3 is 1. The van der Waals surface area contributed by atoms with Gasteiger partial charge in [0.2, 0.25) is 0 Å². The van der Waals surface area contributed by atoms with Crippen molar-refractivity contribution in [3.8, 4) is 11.5 Å². The summed E-state index contributed by atoms with van der Waals surface area (Å²) in [6.45, 7) is 7.23. The predicted molar refractivity (Wildman–Crippen MR) is 140 cm³/mol. The highest BCUT2D eigenvalue weighted by molar-refractivity contribution is 5.85. The Labute approximate surface area is 217 Å². The quantitative estimate of drug-likeness (QED) is 0.388. The summed E-state index contributed by atoms with van der Waals surface area (Å²) in [5, 5.41) is 23.2. The van der Waals surface area contributed by atoms with Crippen molar-refractivity contribution in [1.29, 1.82) is 0 Å². The topological polar surface area (TPSA) is 83.4 Å². The molecule has 7 nitrogen and oxygen atoms in total. The van der Waals surface area contributed by atoms with E-state index in [2.05, 4.69) is 10.2 Å². The summed E-state index contributed by atoms with van der Waals surface area (Å²) in [7, 11) is 1.64. The molecule has 1 aromatic rings. The van der Waals surface area contributed by atoms with Gasteiger partial charge in [-0.1, -0.05) is 32.8 Å². The Morgan fingerprint density at radius 2 is 1.88 bits per heavy atom. The first-order chi connectivity index (χ1) is 15.5. The molecule has 1 aromatic carbocycles. The molecule has 3 N–H and O–H groups in total. The van der Waals surface area contributed by atoms with Gasteiger partial charge < -0.3 is 29.7 Å². The van der Waals surface area contributed by atoms with E-state index in [9.17, 15) is 10.2 Å². The smallest absolute Gasteiger partial charge is 0.161 e. The van der Waals surface area contributed by atoms with Crippen LogP contribution in [0.25, 0.3) is 0 Å². The fraction of sp³-hybridized carbons (Fsp3) is 0.760. The van der Waals surface area contributed by atoms with Crippen molar-refractivity contribution < 1.29 is 24.4 Å². The van der Waals surface area contributed by atoms with Crippen LogP contribution in [0, 0.1) is 0 Å². The molecule has 1 saturated heterocycles. The van der Waals surface area contributed by atoms with Crippen molar-refractivity contribution in [2.75, 3.05) is 40.0 Å². The Morgan fingerprint density at radius 3 is 2.56 bits per heavy atom. The monoisotopic (exact) mass is 522 g/mol. The Kier molecular flexibility index (Phi) is 14.7. The molecule has 34 heavy (non-hydrogen) atoms. The number of nitrogens with zero attached hydrogens (tertiary/aromatic N) is 1. The number of likely N-dealkylation sites (tertiary alicyclic amines) is 1. The summed E-state index contributed by atoms with van der Waals surface area (Å²) in [5.74, 6) is 1.31. The number of rotatable bonds is 12. The molecule has 1 unspecified atom stereocenters. The van der Waals surface area contributed by atoms with Crippen molar-refractivity contribution >= 4 is 24.8 Å². The normalized spacial score (nSPS) is 23.8. The summed E-state index contributed by atoms with van der Waals surface area (Å²) in [4.78, 5) is 2.43. The number of β-amino-alcohol motifs (C(OH)–C–C–N with tert-alkyl or cyclic N) is 1. The molecule has 2 aliphatic rings. The zero-order valence-corrected chi connectivity index (χ0v) is 22.4. The minimum absolute atomic E-state index is 0. The van der Waals surface area contributed by atoms with E-state index < -0.39 is 6.10 Å². The maximum Gasteiger partial charge on any atom is 0.161 e. The molecule has 0 aromatic heterocycles. The molecule has 0 spiro atoms. The zero-order chi connectivity index (χ0) is 22.9. The lowest BCUT2D eigenvalue weighted by molar-refractivity contribution is -0.0316. The molecular weight excluding hydrogens is 479 g/mol. The lowest BCUT2D eigenvalue weighted by atomic mass is 9.91. The highest BCUT2D eigenvalue weighted by atomic mass is 35.5. The van der Waals surface area contributed by atoms with Crippen LogP contribution in [-0.2, 0) is 11.2 Å². The maximum absolute atomic E-state index is 10.1. The van der Waals surface area contributed by atoms with Crippen LogP contribution in [0.5, 0.6) is 11.5 Å². The highest BCUT2D eigenvalue weighted by Gasteiger charge is 2.34. The summed E-state index contributed by atoms with van der Waals surface area (Å²) in [6, 6.07) is 6.70. The minimum Gasteiger partial charge on any atom is -0.493 e. The van der Waals surface area contributed by atoms with Gasteiger partial charge in [-0.05, 0) is 43.4 Å². The standard InChI is InChI=1S/C25H42N2O5.2ClH/c1-18(2)26-15-21(29)17-32-24-9-8-19(14-25(24)30-3)11-13-31-23-7-5-4-6-22(23)27-12-10-20(28)16-27;;/h8-9,14,18,20-23,26,28-29H,4-7,10-13,15-17H2,1-3H3;2*1H/t20-,21?,22+,23-;;/m1../s1. The van der Waals surface area contributed by atoms with Crippen LogP contribution in [0.1, 0.15) is 51.5 Å². The van der Waals surface area contributed by atoms with Gasteiger partial charge in [0, 0.05) is 31.7 Å². The van der Waals surface area contributed by atoms with E-state index in [1.165, 1.54) is 12.8 Å². The Balaban J connectivity index is 0.00000289. The van der Waals surface area contributed by atoms with Gasteiger partial charge >= 0.3 is 0 Å². The van der Waals surface area contributed by atoms with Gasteiger partial charge in [0.05, 0.1) is 25.9 Å². The van der Waals surface area contributed by atoms with Crippen molar-refractivity contribution in [1.82, 2.24) is 10.2 Å². The van der Waals surface area contributed by atoms with Crippen molar-refractivity contribution in [2.24, 2.45) is 0 Å². The fourth-order valence-corrected chi connectivity index (χ4v) is 4.69. The molecule has 0 radical (unpaired) electrons. The number of hydrogen-bond acceptors (Lipinski definition) is 7. The SMILES string of the molecule is COc1cc(CCO[C@@H]2CCCC[C@@H]2N2CC[C@@H](O)C2)ccc1OCC(O)CNC(C)C.Cl.Cl. The third-order valence-corrected chi connectivity index (χ3v) is 6.48. The van der Waals surface area contributed by atoms with E-state index in [4.69, 9.17) is 14.2 Å². The van der Waals surface area contributed by atoms with Crippen LogP contribution in [0.3, 0.4) is 0 Å². The second kappa shape index (κ2) is 16.0. The third-order valence-electron chi connectivity index (χ3n) is 6.48. The number of aliphatic hydroxyl groups is 2. The van der Waals surface area contributed by atoms with Crippen molar-refractivity contribution in [2.45, 2.75) is 82.8 Å². The average Bonchev–Trinajstić information content (AvgIpc) is 3.23. The van der Waals surface area contributed by atoms with E-state index in [0.717, 1.165) is 44.3 Å². The van der Waals surface area contributed by atoms with E-state index >= 15 is 0 Å². The van der Waals surface area contributed by atoms with Crippen LogP contribution in [0.4, 0.5) is 0 Å². The van der Waals surface area contributed by atoms with E-state index in [-0.39, 0.29) is 43.6 Å². The van der Waals surface area contributed by atoms with Crippen LogP contribution in [0.15, 0.2) is 18.2 Å². The Hall–Kier alpha value is -0.800. The lowest BCUT2D eigenvalue weighted by Crippen LogP contribution is -2.46. The molecule has 0 amide bonds. The molecule has 1 aliphatic carbocycles. The molecule has 9 heteroatoms. The van der Waals surface area contributed by atoms with Crippen LogP contribution in [0.2, 0.25) is 0 Å². The minimum atomic E-state index is -0.574. The molecule has 1 saturated carbocycles. The largest absolute Gasteiger partial charge is 0.493 e. The highest BCUT2D eigenvalue weighted by Crippen LogP contribution is 2.30. The van der Waals surface area contributed by atoms with Gasteiger partial charge in [0.15, 0.2) is 11.5 Å². The molecule has 3 rings (SSSR count). The molecule has 4 atom stereocenters.